The van der Waals surface area contributed by atoms with E-state index in [0.29, 0.717) is 34.2 Å². The van der Waals surface area contributed by atoms with Crippen molar-refractivity contribution in [2.24, 2.45) is 0 Å². The number of aldehydes is 1. The topological polar surface area (TPSA) is 52.6 Å². The fourth-order valence-electron chi connectivity index (χ4n) is 1.90. The molecule has 0 amide bonds. The fourth-order valence-corrected chi connectivity index (χ4v) is 2.39. The van der Waals surface area contributed by atoms with Gasteiger partial charge in [0.1, 0.15) is 11.5 Å². The van der Waals surface area contributed by atoms with Crippen molar-refractivity contribution >= 4 is 28.2 Å². The molecule has 0 radical (unpaired) electrons. The maximum absolute atomic E-state index is 12.2. The van der Waals surface area contributed by atoms with E-state index in [9.17, 15) is 9.59 Å². The Kier molecular flexibility index (Phi) is 6.35. The molecule has 2 rings (SSSR count). The molecule has 0 atom stereocenters. The highest BCUT2D eigenvalue weighted by molar-refractivity contribution is 9.10. The molecule has 0 aliphatic rings. The second-order valence-corrected chi connectivity index (χ2v) is 5.75. The summed E-state index contributed by atoms with van der Waals surface area (Å²) in [7, 11) is 0. The van der Waals surface area contributed by atoms with Crippen molar-refractivity contribution in [2.45, 2.75) is 19.8 Å². The molecule has 0 N–H and O–H groups in total. The smallest absolute Gasteiger partial charge is 0.343 e. The Morgan fingerprint density at radius 1 is 1.17 bits per heavy atom. The summed E-state index contributed by atoms with van der Waals surface area (Å²) in [5.41, 5.74) is 0.708. The lowest BCUT2D eigenvalue weighted by molar-refractivity contribution is 0.0733. The van der Waals surface area contributed by atoms with Crippen molar-refractivity contribution in [1.29, 1.82) is 0 Å². The van der Waals surface area contributed by atoms with Gasteiger partial charge in [0.2, 0.25) is 0 Å². The van der Waals surface area contributed by atoms with Crippen LogP contribution in [0.1, 0.15) is 40.5 Å². The first-order chi connectivity index (χ1) is 11.2. The molecule has 0 aromatic heterocycles. The Morgan fingerprint density at radius 3 is 2.65 bits per heavy atom. The maximum Gasteiger partial charge on any atom is 0.343 e. The number of unbranched alkanes of at least 4 members (excludes halogenated alkanes) is 1. The van der Waals surface area contributed by atoms with Crippen molar-refractivity contribution in [2.75, 3.05) is 6.61 Å². The Hall–Kier alpha value is -2.14. The molecule has 0 saturated heterocycles. The molecule has 23 heavy (non-hydrogen) atoms. The quantitative estimate of drug-likeness (QED) is 0.305. The zero-order valence-electron chi connectivity index (χ0n) is 12.8. The van der Waals surface area contributed by atoms with E-state index in [1.54, 1.807) is 42.5 Å². The van der Waals surface area contributed by atoms with Gasteiger partial charge in [0.05, 0.1) is 22.2 Å². The van der Waals surface area contributed by atoms with E-state index < -0.39 is 5.97 Å². The molecular formula is C18H17BrO4. The van der Waals surface area contributed by atoms with Gasteiger partial charge in [-0.25, -0.2) is 4.79 Å². The Labute approximate surface area is 143 Å². The molecule has 0 heterocycles. The molecule has 120 valence electrons. The largest absolute Gasteiger partial charge is 0.492 e. The van der Waals surface area contributed by atoms with Gasteiger partial charge in [-0.2, -0.15) is 0 Å². The van der Waals surface area contributed by atoms with Gasteiger partial charge >= 0.3 is 5.97 Å². The number of esters is 1. The standard InChI is InChI=1S/C18H17BrO4/c1-2-3-10-22-17-9-8-13(11-15(17)19)18(21)23-16-7-5-4-6-14(16)12-20/h4-9,11-12H,2-3,10H2,1H3. The van der Waals surface area contributed by atoms with E-state index >= 15 is 0 Å². The number of ether oxygens (including phenoxy) is 2. The van der Waals surface area contributed by atoms with Crippen molar-refractivity contribution in [1.82, 2.24) is 0 Å². The zero-order chi connectivity index (χ0) is 16.7. The summed E-state index contributed by atoms with van der Waals surface area (Å²) < 4.78 is 11.6. The second-order valence-electron chi connectivity index (χ2n) is 4.89. The highest BCUT2D eigenvalue weighted by Gasteiger charge is 2.13. The van der Waals surface area contributed by atoms with Crippen LogP contribution in [0.25, 0.3) is 0 Å². The number of hydrogen-bond donors (Lipinski definition) is 0. The van der Waals surface area contributed by atoms with Crippen LogP contribution in [0.15, 0.2) is 46.9 Å². The summed E-state index contributed by atoms with van der Waals surface area (Å²) >= 11 is 3.39. The first-order valence-corrected chi connectivity index (χ1v) is 8.13. The van der Waals surface area contributed by atoms with Crippen molar-refractivity contribution in [3.63, 3.8) is 0 Å². The van der Waals surface area contributed by atoms with E-state index in [-0.39, 0.29) is 5.75 Å². The maximum atomic E-state index is 12.2. The van der Waals surface area contributed by atoms with Crippen molar-refractivity contribution in [3.05, 3.63) is 58.1 Å². The molecule has 4 nitrogen and oxygen atoms in total. The summed E-state index contributed by atoms with van der Waals surface area (Å²) in [6.45, 7) is 2.72. The third-order valence-electron chi connectivity index (χ3n) is 3.17. The van der Waals surface area contributed by atoms with Gasteiger partial charge in [-0.15, -0.1) is 0 Å². The average molecular weight is 377 g/mol. The molecule has 0 aliphatic heterocycles. The van der Waals surface area contributed by atoms with Crippen LogP contribution >= 0.6 is 15.9 Å². The van der Waals surface area contributed by atoms with Gasteiger partial charge in [0.25, 0.3) is 0 Å². The van der Waals surface area contributed by atoms with Crippen LogP contribution in [0.2, 0.25) is 0 Å². The van der Waals surface area contributed by atoms with Crippen LogP contribution in [-0.4, -0.2) is 18.9 Å². The lowest BCUT2D eigenvalue weighted by Crippen LogP contribution is -2.10. The normalized spacial score (nSPS) is 10.2. The molecule has 2 aromatic rings. The SMILES string of the molecule is CCCCOc1ccc(C(=O)Oc2ccccc2C=O)cc1Br. The van der Waals surface area contributed by atoms with Crippen LogP contribution in [0.5, 0.6) is 11.5 Å². The molecule has 0 spiro atoms. The van der Waals surface area contributed by atoms with Gasteiger partial charge in [0, 0.05) is 0 Å². The molecular weight excluding hydrogens is 360 g/mol. The number of halogens is 1. The fraction of sp³-hybridized carbons (Fsp3) is 0.222. The Balaban J connectivity index is 2.10. The Bertz CT molecular complexity index is 697. The summed E-state index contributed by atoms with van der Waals surface area (Å²) in [6.07, 6.45) is 2.68. The first kappa shape index (κ1) is 17.2. The second kappa shape index (κ2) is 8.48. The first-order valence-electron chi connectivity index (χ1n) is 7.34. The highest BCUT2D eigenvalue weighted by Crippen LogP contribution is 2.27. The lowest BCUT2D eigenvalue weighted by Gasteiger charge is -2.10. The molecule has 0 bridgehead atoms. The lowest BCUT2D eigenvalue weighted by atomic mass is 10.2. The van der Waals surface area contributed by atoms with E-state index in [1.165, 1.54) is 0 Å². The molecule has 2 aromatic carbocycles. The average Bonchev–Trinajstić information content (AvgIpc) is 2.57. The minimum absolute atomic E-state index is 0.242. The van der Waals surface area contributed by atoms with Crippen LogP contribution < -0.4 is 9.47 Å². The van der Waals surface area contributed by atoms with Crippen LogP contribution in [0.4, 0.5) is 0 Å². The van der Waals surface area contributed by atoms with Gasteiger partial charge in [0.15, 0.2) is 6.29 Å². The molecule has 0 unspecified atom stereocenters. The van der Waals surface area contributed by atoms with Gasteiger partial charge in [-0.3, -0.25) is 4.79 Å². The summed E-state index contributed by atoms with van der Waals surface area (Å²) in [5, 5.41) is 0. The molecule has 0 aliphatic carbocycles. The van der Waals surface area contributed by atoms with Crippen molar-refractivity contribution < 1.29 is 19.1 Å². The number of hydrogen-bond acceptors (Lipinski definition) is 4. The Morgan fingerprint density at radius 2 is 1.96 bits per heavy atom. The van der Waals surface area contributed by atoms with Gasteiger partial charge < -0.3 is 9.47 Å². The van der Waals surface area contributed by atoms with Gasteiger partial charge in [-0.1, -0.05) is 25.5 Å². The summed E-state index contributed by atoms with van der Waals surface area (Å²) in [4.78, 5) is 23.2. The zero-order valence-corrected chi connectivity index (χ0v) is 14.3. The third-order valence-corrected chi connectivity index (χ3v) is 3.79. The number of rotatable bonds is 7. The molecule has 0 saturated carbocycles. The monoisotopic (exact) mass is 376 g/mol. The number of benzene rings is 2. The molecule has 0 fully saturated rings. The van der Waals surface area contributed by atoms with Crippen LogP contribution in [0.3, 0.4) is 0 Å². The number of para-hydroxylation sites is 1. The van der Waals surface area contributed by atoms with Crippen LogP contribution in [-0.2, 0) is 0 Å². The number of carbonyl (C=O) groups is 2. The van der Waals surface area contributed by atoms with Crippen molar-refractivity contribution in [3.8, 4) is 11.5 Å². The third kappa shape index (κ3) is 4.66. The van der Waals surface area contributed by atoms with E-state index in [2.05, 4.69) is 22.9 Å². The summed E-state index contributed by atoms with van der Waals surface area (Å²) in [6, 6.07) is 11.6. The predicted octanol–water partition coefficient (Wildman–Crippen LogP) is 4.66. The summed E-state index contributed by atoms with van der Waals surface area (Å²) in [5.74, 6) is 0.398. The van der Waals surface area contributed by atoms with Gasteiger partial charge in [-0.05, 0) is 52.7 Å². The van der Waals surface area contributed by atoms with E-state index in [0.717, 1.165) is 12.8 Å². The molecule has 5 heteroatoms. The minimum atomic E-state index is -0.528. The van der Waals surface area contributed by atoms with E-state index in [1.807, 2.05) is 0 Å². The predicted molar refractivity (Wildman–Crippen MR) is 91.3 cm³/mol. The van der Waals surface area contributed by atoms with E-state index in [4.69, 9.17) is 9.47 Å². The minimum Gasteiger partial charge on any atom is -0.492 e. The van der Waals surface area contributed by atoms with Crippen LogP contribution in [0, 0.1) is 0 Å². The number of carbonyl (C=O) groups excluding carboxylic acids is 2. The highest BCUT2D eigenvalue weighted by atomic mass is 79.9.